The molecule has 324 valence electrons. The predicted molar refractivity (Wildman–Crippen MR) is 238 cm³/mol. The molecule has 0 saturated carbocycles. The third-order valence-corrected chi connectivity index (χ3v) is 12.0. The molecular formula is C46H46ClFN10O5. The van der Waals surface area contributed by atoms with Crippen molar-refractivity contribution in [2.24, 2.45) is 5.73 Å². The number of piperazine rings is 1. The zero-order valence-electron chi connectivity index (χ0n) is 34.3. The van der Waals surface area contributed by atoms with E-state index in [9.17, 15) is 28.4 Å². The van der Waals surface area contributed by atoms with E-state index < -0.39 is 11.7 Å². The molecule has 5 aromatic rings. The van der Waals surface area contributed by atoms with Gasteiger partial charge in [-0.25, -0.2) is 9.37 Å². The van der Waals surface area contributed by atoms with Crippen molar-refractivity contribution >= 4 is 70.0 Å². The number of amides is 5. The van der Waals surface area contributed by atoms with E-state index in [0.717, 1.165) is 30.3 Å². The zero-order chi connectivity index (χ0) is 44.0. The lowest BCUT2D eigenvalue weighted by molar-refractivity contribution is -0.134. The van der Waals surface area contributed by atoms with Crippen LogP contribution in [0.5, 0.6) is 0 Å². The molecule has 4 heterocycles. The van der Waals surface area contributed by atoms with Crippen LogP contribution in [-0.4, -0.2) is 101 Å². The summed E-state index contributed by atoms with van der Waals surface area (Å²) in [5.41, 5.74) is 10.4. The third-order valence-electron chi connectivity index (χ3n) is 11.7. The summed E-state index contributed by atoms with van der Waals surface area (Å²) in [4.78, 5) is 77.1. The lowest BCUT2D eigenvalue weighted by Crippen LogP contribution is -2.52. The van der Waals surface area contributed by atoms with Crippen LogP contribution in [0.1, 0.15) is 57.9 Å². The number of primary amides is 1. The Labute approximate surface area is 368 Å². The number of benzene rings is 4. The summed E-state index contributed by atoms with van der Waals surface area (Å²) in [6.45, 7) is 4.36. The standard InChI is InChI=1S/C46H46ClFN10O5/c47-38-4-2-1-3-35(38)37-25-32(11-14-36(37)42(49)61)51-43-39(48)26-50-46(55-43)53-30-9-5-29(6-10-30)44(62)52-31-17-19-56(20-18-31)27-41(60)58-23-21-57(22-24-58)33-12-7-28(8-13-33)34-15-16-40(59)54-45(34)63/h1-14,25-26,31,34H,15-24,27H2,(H2,49,61)(H,52,62)(H,54,59,63)(H2,50,51,53,55). The van der Waals surface area contributed by atoms with Crippen molar-refractivity contribution in [3.63, 3.8) is 0 Å². The van der Waals surface area contributed by atoms with Crippen molar-refractivity contribution in [2.45, 2.75) is 37.6 Å². The maximum Gasteiger partial charge on any atom is 0.251 e. The number of aromatic nitrogens is 2. The van der Waals surface area contributed by atoms with Gasteiger partial charge in [-0.3, -0.25) is 34.2 Å². The van der Waals surface area contributed by atoms with E-state index in [0.29, 0.717) is 91.7 Å². The quantitative estimate of drug-likeness (QED) is 0.0982. The number of nitrogens with one attached hydrogen (secondary N) is 4. The largest absolute Gasteiger partial charge is 0.368 e. The number of rotatable bonds is 12. The fourth-order valence-corrected chi connectivity index (χ4v) is 8.40. The minimum atomic E-state index is -0.701. The molecule has 3 aliphatic heterocycles. The van der Waals surface area contributed by atoms with Crippen molar-refractivity contribution < 1.29 is 28.4 Å². The van der Waals surface area contributed by atoms with E-state index in [1.54, 1.807) is 60.7 Å². The number of carbonyl (C=O) groups excluding carboxylic acids is 5. The number of likely N-dealkylation sites (tertiary alicyclic amines) is 1. The average molecular weight is 873 g/mol. The number of hydrogen-bond acceptors (Lipinski definition) is 11. The summed E-state index contributed by atoms with van der Waals surface area (Å²) in [7, 11) is 0. The Bertz CT molecular complexity index is 2530. The van der Waals surface area contributed by atoms with Crippen LogP contribution in [0.4, 0.5) is 33.2 Å². The van der Waals surface area contributed by atoms with Crippen LogP contribution in [0.2, 0.25) is 5.02 Å². The van der Waals surface area contributed by atoms with Gasteiger partial charge in [-0.15, -0.1) is 0 Å². The van der Waals surface area contributed by atoms with Gasteiger partial charge in [0.25, 0.3) is 5.91 Å². The fourth-order valence-electron chi connectivity index (χ4n) is 8.16. The molecule has 63 heavy (non-hydrogen) atoms. The van der Waals surface area contributed by atoms with E-state index in [-0.39, 0.29) is 52.9 Å². The Kier molecular flexibility index (Phi) is 12.9. The normalized spacial score (nSPS) is 17.2. The van der Waals surface area contributed by atoms with Crippen LogP contribution < -0.4 is 31.9 Å². The Morgan fingerprint density at radius 2 is 1.54 bits per heavy atom. The van der Waals surface area contributed by atoms with Gasteiger partial charge in [0.1, 0.15) is 0 Å². The summed E-state index contributed by atoms with van der Waals surface area (Å²) < 4.78 is 14.9. The van der Waals surface area contributed by atoms with Gasteiger partial charge in [-0.1, -0.05) is 41.9 Å². The first-order valence-corrected chi connectivity index (χ1v) is 21.2. The molecule has 1 aromatic heterocycles. The Morgan fingerprint density at radius 1 is 0.825 bits per heavy atom. The van der Waals surface area contributed by atoms with Gasteiger partial charge in [0.2, 0.25) is 29.6 Å². The molecule has 17 heteroatoms. The van der Waals surface area contributed by atoms with Gasteiger partial charge < -0.3 is 31.5 Å². The molecule has 3 saturated heterocycles. The second-order valence-electron chi connectivity index (χ2n) is 15.8. The molecule has 3 aliphatic rings. The van der Waals surface area contributed by atoms with E-state index in [2.05, 4.69) is 41.0 Å². The summed E-state index contributed by atoms with van der Waals surface area (Å²) in [5, 5.41) is 12.0. The number of hydrogen-bond donors (Lipinski definition) is 5. The number of nitrogens with zero attached hydrogens (tertiary/aromatic N) is 5. The topological polar surface area (TPSA) is 195 Å². The van der Waals surface area contributed by atoms with Gasteiger partial charge in [-0.05, 0) is 91.1 Å². The molecule has 0 radical (unpaired) electrons. The van der Waals surface area contributed by atoms with Crippen LogP contribution in [0, 0.1) is 5.82 Å². The number of carbonyl (C=O) groups is 5. The van der Waals surface area contributed by atoms with E-state index in [4.69, 9.17) is 17.3 Å². The van der Waals surface area contributed by atoms with Crippen molar-refractivity contribution in [3.05, 3.63) is 125 Å². The number of nitrogens with two attached hydrogens (primary N) is 1. The molecule has 1 atom stereocenters. The van der Waals surface area contributed by atoms with Gasteiger partial charge >= 0.3 is 0 Å². The summed E-state index contributed by atoms with van der Waals surface area (Å²) in [6.07, 6.45) is 3.33. The Balaban J connectivity index is 0.779. The lowest BCUT2D eigenvalue weighted by Gasteiger charge is -2.38. The molecule has 15 nitrogen and oxygen atoms in total. The van der Waals surface area contributed by atoms with Crippen LogP contribution in [-0.2, 0) is 14.4 Å². The minimum Gasteiger partial charge on any atom is -0.368 e. The molecule has 8 rings (SSSR count). The average Bonchev–Trinajstić information content (AvgIpc) is 3.28. The predicted octanol–water partition coefficient (Wildman–Crippen LogP) is 5.59. The summed E-state index contributed by atoms with van der Waals surface area (Å²) in [5.74, 6) is -2.23. The molecule has 5 amide bonds. The number of piperidine rings is 2. The fraction of sp³-hybridized carbons (Fsp3) is 0.283. The lowest BCUT2D eigenvalue weighted by atomic mass is 9.90. The molecule has 1 unspecified atom stereocenters. The number of imide groups is 1. The first kappa shape index (κ1) is 42.8. The molecule has 0 bridgehead atoms. The van der Waals surface area contributed by atoms with Gasteiger partial charge in [0, 0.05) is 90.5 Å². The summed E-state index contributed by atoms with van der Waals surface area (Å²) >= 11 is 6.41. The van der Waals surface area contributed by atoms with E-state index in [1.165, 1.54) is 6.07 Å². The van der Waals surface area contributed by atoms with Crippen molar-refractivity contribution in [1.82, 2.24) is 30.4 Å². The second-order valence-corrected chi connectivity index (χ2v) is 16.2. The van der Waals surface area contributed by atoms with Crippen LogP contribution in [0.3, 0.4) is 0 Å². The molecular weight excluding hydrogens is 827 g/mol. The second kappa shape index (κ2) is 19.0. The molecule has 0 spiro atoms. The Hall–Kier alpha value is -6.91. The summed E-state index contributed by atoms with van der Waals surface area (Å²) in [6, 6.07) is 26.4. The zero-order valence-corrected chi connectivity index (χ0v) is 35.0. The number of halogens is 2. The van der Waals surface area contributed by atoms with Crippen LogP contribution >= 0.6 is 11.6 Å². The highest BCUT2D eigenvalue weighted by Crippen LogP contribution is 2.34. The highest BCUT2D eigenvalue weighted by Gasteiger charge is 2.29. The maximum atomic E-state index is 14.9. The maximum absolute atomic E-state index is 14.9. The van der Waals surface area contributed by atoms with Crippen LogP contribution in [0.25, 0.3) is 11.1 Å². The highest BCUT2D eigenvalue weighted by atomic mass is 35.5. The molecule has 0 aliphatic carbocycles. The van der Waals surface area contributed by atoms with Crippen molar-refractivity contribution in [2.75, 3.05) is 61.3 Å². The smallest absolute Gasteiger partial charge is 0.251 e. The first-order chi connectivity index (χ1) is 30.5. The van der Waals surface area contributed by atoms with Crippen molar-refractivity contribution in [3.8, 4) is 11.1 Å². The number of anilines is 5. The van der Waals surface area contributed by atoms with E-state index in [1.807, 2.05) is 29.2 Å². The molecule has 4 aromatic carbocycles. The van der Waals surface area contributed by atoms with Gasteiger partial charge in [0.15, 0.2) is 11.6 Å². The molecule has 3 fully saturated rings. The minimum absolute atomic E-state index is 0.0298. The van der Waals surface area contributed by atoms with Crippen molar-refractivity contribution in [1.29, 1.82) is 0 Å². The SMILES string of the molecule is NC(=O)c1ccc(Nc2nc(Nc3ccc(C(=O)NC4CCN(CC(=O)N5CCN(c6ccc(C7CCC(=O)NC7=O)cc6)CC5)CC4)cc3)ncc2F)cc1-c1ccccc1Cl. The first-order valence-electron chi connectivity index (χ1n) is 20.8. The van der Waals surface area contributed by atoms with E-state index >= 15 is 0 Å². The van der Waals surface area contributed by atoms with Gasteiger partial charge in [0.05, 0.1) is 18.7 Å². The van der Waals surface area contributed by atoms with Gasteiger partial charge in [-0.2, -0.15) is 4.98 Å². The monoisotopic (exact) mass is 872 g/mol. The highest BCUT2D eigenvalue weighted by molar-refractivity contribution is 6.33. The Morgan fingerprint density at radius 3 is 2.24 bits per heavy atom. The van der Waals surface area contributed by atoms with Crippen LogP contribution in [0.15, 0.2) is 97.2 Å². The molecule has 6 N–H and O–H groups in total. The third kappa shape index (κ3) is 10.2.